The second-order valence-corrected chi connectivity index (χ2v) is 4.91. The number of nitrogens with zero attached hydrogens (tertiary/aromatic N) is 2. The van der Waals surface area contributed by atoms with Gasteiger partial charge < -0.3 is 5.11 Å². The summed E-state index contributed by atoms with van der Waals surface area (Å²) in [4.78, 5) is 11.5. The lowest BCUT2D eigenvalue weighted by Gasteiger charge is -2.13. The number of carboxylic acid groups (broad SMARTS) is 1. The van der Waals surface area contributed by atoms with Gasteiger partial charge in [-0.1, -0.05) is 29.8 Å². The van der Waals surface area contributed by atoms with Gasteiger partial charge in [0.2, 0.25) is 0 Å². The molecule has 0 saturated heterocycles. The van der Waals surface area contributed by atoms with Gasteiger partial charge in [0.25, 0.3) is 0 Å². The van der Waals surface area contributed by atoms with Gasteiger partial charge >= 0.3 is 5.97 Å². The van der Waals surface area contributed by atoms with Crippen molar-refractivity contribution in [3.05, 3.63) is 52.8 Å². The minimum atomic E-state index is -0.803. The van der Waals surface area contributed by atoms with Crippen LogP contribution in [0.5, 0.6) is 0 Å². The summed E-state index contributed by atoms with van der Waals surface area (Å²) in [6.07, 6.45) is 0.454. The van der Waals surface area contributed by atoms with E-state index < -0.39 is 11.9 Å². The van der Waals surface area contributed by atoms with E-state index in [-0.39, 0.29) is 0 Å². The number of carbonyl (C=O) groups is 1. The highest BCUT2D eigenvalue weighted by atomic mass is 16.4. The number of hydrogen-bond donors (Lipinski definition) is 1. The summed E-state index contributed by atoms with van der Waals surface area (Å²) in [5.74, 6) is -1.34. The maximum atomic E-state index is 11.5. The van der Waals surface area contributed by atoms with Gasteiger partial charge in [-0.15, -0.1) is 0 Å². The molecule has 0 radical (unpaired) electrons. The highest BCUT2D eigenvalue weighted by Crippen LogP contribution is 2.22. The summed E-state index contributed by atoms with van der Waals surface area (Å²) < 4.78 is 1.75. The van der Waals surface area contributed by atoms with E-state index in [1.54, 1.807) is 4.68 Å². The Balaban J connectivity index is 2.29. The smallest absolute Gasteiger partial charge is 0.311 e. The molecule has 0 aliphatic rings. The largest absolute Gasteiger partial charge is 0.481 e. The Bertz CT molecular complexity index is 585. The minimum Gasteiger partial charge on any atom is -0.481 e. The number of aliphatic carboxylic acids is 1. The summed E-state index contributed by atoms with van der Waals surface area (Å²) in [6.45, 7) is 3.90. The van der Waals surface area contributed by atoms with Crippen LogP contribution >= 0.6 is 0 Å². The summed E-state index contributed by atoms with van der Waals surface area (Å²) in [7, 11) is 1.84. The van der Waals surface area contributed by atoms with Crippen LogP contribution in [-0.2, 0) is 18.3 Å². The number of rotatable bonds is 4. The SMILES string of the molecule is Cc1ccc(C(Cc2cc(C)nn2C)C(=O)O)cc1. The second kappa shape index (κ2) is 5.26. The predicted molar refractivity (Wildman–Crippen MR) is 73.2 cm³/mol. The fourth-order valence-corrected chi connectivity index (χ4v) is 2.21. The minimum absolute atomic E-state index is 0.454. The fourth-order valence-electron chi connectivity index (χ4n) is 2.21. The van der Waals surface area contributed by atoms with E-state index in [0.717, 1.165) is 22.5 Å². The summed E-state index contributed by atoms with van der Waals surface area (Å²) in [5.41, 5.74) is 3.80. The molecule has 1 heterocycles. The second-order valence-electron chi connectivity index (χ2n) is 4.91. The normalized spacial score (nSPS) is 12.4. The molecule has 0 fully saturated rings. The number of carboxylic acids is 1. The van der Waals surface area contributed by atoms with Crippen molar-refractivity contribution < 1.29 is 9.90 Å². The third-order valence-electron chi connectivity index (χ3n) is 3.29. The Labute approximate surface area is 112 Å². The van der Waals surface area contributed by atoms with Crippen molar-refractivity contribution in [3.8, 4) is 0 Å². The van der Waals surface area contributed by atoms with Gasteiger partial charge in [-0.2, -0.15) is 5.10 Å². The Morgan fingerprint density at radius 2 is 1.95 bits per heavy atom. The molecular formula is C15H18N2O2. The van der Waals surface area contributed by atoms with Crippen LogP contribution in [0.25, 0.3) is 0 Å². The van der Waals surface area contributed by atoms with Crippen LogP contribution in [0.1, 0.15) is 28.4 Å². The molecule has 0 aliphatic heterocycles. The van der Waals surface area contributed by atoms with Crippen LogP contribution in [0.15, 0.2) is 30.3 Å². The monoisotopic (exact) mass is 258 g/mol. The average Bonchev–Trinajstić information content (AvgIpc) is 2.66. The molecule has 19 heavy (non-hydrogen) atoms. The first kappa shape index (κ1) is 13.3. The molecule has 1 atom stereocenters. The summed E-state index contributed by atoms with van der Waals surface area (Å²) in [5, 5.41) is 13.7. The van der Waals surface area contributed by atoms with Crippen LogP contribution in [0.2, 0.25) is 0 Å². The first-order valence-corrected chi connectivity index (χ1v) is 6.26. The van der Waals surface area contributed by atoms with Crippen LogP contribution in [0.3, 0.4) is 0 Å². The topological polar surface area (TPSA) is 55.1 Å². The lowest BCUT2D eigenvalue weighted by molar-refractivity contribution is -0.138. The van der Waals surface area contributed by atoms with Crippen LogP contribution in [-0.4, -0.2) is 20.9 Å². The molecule has 2 aromatic rings. The lowest BCUT2D eigenvalue weighted by Crippen LogP contribution is -2.16. The Morgan fingerprint density at radius 3 is 2.42 bits per heavy atom. The van der Waals surface area contributed by atoms with E-state index in [1.165, 1.54) is 0 Å². The molecule has 0 aliphatic carbocycles. The van der Waals surface area contributed by atoms with Crippen molar-refractivity contribution in [3.63, 3.8) is 0 Å². The molecule has 100 valence electrons. The van der Waals surface area contributed by atoms with Crippen molar-refractivity contribution in [1.29, 1.82) is 0 Å². The van der Waals surface area contributed by atoms with E-state index in [1.807, 2.05) is 51.2 Å². The molecule has 0 spiro atoms. The lowest BCUT2D eigenvalue weighted by atomic mass is 9.93. The van der Waals surface area contributed by atoms with E-state index in [2.05, 4.69) is 5.10 Å². The van der Waals surface area contributed by atoms with Crippen molar-refractivity contribution in [2.45, 2.75) is 26.2 Å². The van der Waals surface area contributed by atoms with Crippen molar-refractivity contribution >= 4 is 5.97 Å². The van der Waals surface area contributed by atoms with Gasteiger partial charge in [-0.25, -0.2) is 0 Å². The van der Waals surface area contributed by atoms with Gasteiger partial charge in [0.1, 0.15) is 0 Å². The zero-order valence-corrected chi connectivity index (χ0v) is 11.4. The molecule has 2 rings (SSSR count). The molecule has 1 unspecified atom stereocenters. The van der Waals surface area contributed by atoms with Crippen molar-refractivity contribution in [1.82, 2.24) is 9.78 Å². The Morgan fingerprint density at radius 1 is 1.32 bits per heavy atom. The van der Waals surface area contributed by atoms with Crippen LogP contribution in [0, 0.1) is 13.8 Å². The third-order valence-corrected chi connectivity index (χ3v) is 3.29. The first-order valence-electron chi connectivity index (χ1n) is 6.26. The molecule has 1 aromatic carbocycles. The maximum Gasteiger partial charge on any atom is 0.311 e. The van der Waals surface area contributed by atoms with E-state index >= 15 is 0 Å². The highest BCUT2D eigenvalue weighted by molar-refractivity contribution is 5.76. The van der Waals surface area contributed by atoms with Gasteiger partial charge in [-0.05, 0) is 25.5 Å². The van der Waals surface area contributed by atoms with Crippen molar-refractivity contribution in [2.24, 2.45) is 7.05 Å². The quantitative estimate of drug-likeness (QED) is 0.916. The van der Waals surface area contributed by atoms with Crippen molar-refractivity contribution in [2.75, 3.05) is 0 Å². The standard InChI is InChI=1S/C15H18N2O2/c1-10-4-6-12(7-5-10)14(15(18)19)9-13-8-11(2)16-17(13)3/h4-8,14H,9H2,1-3H3,(H,18,19). The third kappa shape index (κ3) is 3.02. The highest BCUT2D eigenvalue weighted by Gasteiger charge is 2.21. The summed E-state index contributed by atoms with van der Waals surface area (Å²) in [6, 6.07) is 9.60. The fraction of sp³-hybridized carbons (Fsp3) is 0.333. The van der Waals surface area contributed by atoms with E-state index in [4.69, 9.17) is 0 Å². The average molecular weight is 258 g/mol. The number of hydrogen-bond acceptors (Lipinski definition) is 2. The van der Waals surface area contributed by atoms with Gasteiger partial charge in [0.05, 0.1) is 11.6 Å². The number of aromatic nitrogens is 2. The van der Waals surface area contributed by atoms with Gasteiger partial charge in [0.15, 0.2) is 0 Å². The molecule has 1 N–H and O–H groups in total. The molecule has 4 nitrogen and oxygen atoms in total. The summed E-state index contributed by atoms with van der Waals surface area (Å²) >= 11 is 0. The number of benzene rings is 1. The van der Waals surface area contributed by atoms with Crippen LogP contribution < -0.4 is 0 Å². The van der Waals surface area contributed by atoms with Gasteiger partial charge in [0, 0.05) is 19.2 Å². The van der Waals surface area contributed by atoms with Gasteiger partial charge in [-0.3, -0.25) is 9.48 Å². The molecule has 4 heteroatoms. The molecule has 0 bridgehead atoms. The van der Waals surface area contributed by atoms with E-state index in [0.29, 0.717) is 6.42 Å². The molecule has 0 saturated carbocycles. The molecule has 1 aromatic heterocycles. The van der Waals surface area contributed by atoms with E-state index in [9.17, 15) is 9.90 Å². The molecular weight excluding hydrogens is 240 g/mol. The maximum absolute atomic E-state index is 11.5. The zero-order valence-electron chi connectivity index (χ0n) is 11.4. The van der Waals surface area contributed by atoms with Crippen LogP contribution in [0.4, 0.5) is 0 Å². The number of aryl methyl sites for hydroxylation is 3. The Hall–Kier alpha value is -2.10. The first-order chi connectivity index (χ1) is 8.97. The molecule has 0 amide bonds. The zero-order chi connectivity index (χ0) is 14.0. The Kier molecular flexibility index (Phi) is 3.69. The predicted octanol–water partition coefficient (Wildman–Crippen LogP) is 2.45.